The average molecular weight is 231 g/mol. The first-order chi connectivity index (χ1) is 7.28. The van der Waals surface area contributed by atoms with Gasteiger partial charge in [0, 0.05) is 12.1 Å². The Morgan fingerprint density at radius 3 is 2.62 bits per heavy atom. The summed E-state index contributed by atoms with van der Waals surface area (Å²) in [5.74, 6) is 0.304. The third-order valence-corrected chi connectivity index (χ3v) is 2.46. The Morgan fingerprint density at radius 1 is 1.31 bits per heavy atom. The van der Waals surface area contributed by atoms with Crippen LogP contribution in [0.5, 0.6) is 5.75 Å². The van der Waals surface area contributed by atoms with Gasteiger partial charge >= 0.3 is 6.18 Å². The van der Waals surface area contributed by atoms with Crippen molar-refractivity contribution in [2.45, 2.75) is 32.3 Å². The molecule has 1 aromatic rings. The molecule has 0 atom stereocenters. The van der Waals surface area contributed by atoms with E-state index in [0.717, 1.165) is 17.7 Å². The predicted molar refractivity (Wildman–Crippen MR) is 53.0 cm³/mol. The highest BCUT2D eigenvalue weighted by atomic mass is 19.4. The van der Waals surface area contributed by atoms with Gasteiger partial charge in [-0.3, -0.25) is 5.32 Å². The van der Waals surface area contributed by atoms with Gasteiger partial charge in [0.2, 0.25) is 0 Å². The van der Waals surface area contributed by atoms with Crippen LogP contribution in [0.15, 0.2) is 18.2 Å². The van der Waals surface area contributed by atoms with Crippen LogP contribution in [0.3, 0.4) is 0 Å². The highest BCUT2D eigenvalue weighted by Gasteiger charge is 2.33. The molecule has 0 aliphatic carbocycles. The third-order valence-electron chi connectivity index (χ3n) is 2.46. The quantitative estimate of drug-likeness (QED) is 0.741. The van der Waals surface area contributed by atoms with Crippen molar-refractivity contribution in [2.75, 3.05) is 0 Å². The topological polar surface area (TPSA) is 21.3 Å². The normalized spacial score (nSPS) is 18.8. The average Bonchev–Trinajstić information content (AvgIpc) is 2.13. The molecule has 0 saturated carbocycles. The maximum atomic E-state index is 12.5. The molecule has 88 valence electrons. The molecule has 1 N–H and O–H groups in total. The number of benzene rings is 1. The van der Waals surface area contributed by atoms with Crippen LogP contribution in [0.25, 0.3) is 0 Å². The number of halogens is 3. The zero-order valence-corrected chi connectivity index (χ0v) is 8.98. The first-order valence-corrected chi connectivity index (χ1v) is 4.92. The van der Waals surface area contributed by atoms with Crippen molar-refractivity contribution < 1.29 is 17.9 Å². The van der Waals surface area contributed by atoms with Gasteiger partial charge in [-0.05, 0) is 26.0 Å². The molecule has 0 bridgehead atoms. The summed E-state index contributed by atoms with van der Waals surface area (Å²) < 4.78 is 42.9. The third kappa shape index (κ3) is 2.14. The lowest BCUT2D eigenvalue weighted by Gasteiger charge is -2.34. The fraction of sp³-hybridized carbons (Fsp3) is 0.455. The SMILES string of the molecule is CC1(C)NCc2ccc(C(F)(F)F)cc2O1. The molecule has 0 spiro atoms. The highest BCUT2D eigenvalue weighted by molar-refractivity contribution is 5.40. The van der Waals surface area contributed by atoms with E-state index in [1.54, 1.807) is 13.8 Å². The van der Waals surface area contributed by atoms with E-state index in [1.807, 2.05) is 0 Å². The summed E-state index contributed by atoms with van der Waals surface area (Å²) in [6.07, 6.45) is -4.33. The van der Waals surface area contributed by atoms with Gasteiger partial charge in [-0.2, -0.15) is 13.2 Å². The van der Waals surface area contributed by atoms with Crippen LogP contribution in [0.1, 0.15) is 25.0 Å². The molecule has 2 nitrogen and oxygen atoms in total. The molecule has 1 aromatic carbocycles. The zero-order valence-electron chi connectivity index (χ0n) is 8.98. The van der Waals surface area contributed by atoms with Gasteiger partial charge in [0.05, 0.1) is 5.56 Å². The van der Waals surface area contributed by atoms with Crippen LogP contribution in [0.4, 0.5) is 13.2 Å². The first kappa shape index (κ1) is 11.3. The van der Waals surface area contributed by atoms with Crippen molar-refractivity contribution in [3.05, 3.63) is 29.3 Å². The number of alkyl halides is 3. The van der Waals surface area contributed by atoms with Crippen LogP contribution in [-0.2, 0) is 12.7 Å². The van der Waals surface area contributed by atoms with E-state index in [-0.39, 0.29) is 0 Å². The minimum atomic E-state index is -4.33. The van der Waals surface area contributed by atoms with E-state index in [2.05, 4.69) is 5.32 Å². The van der Waals surface area contributed by atoms with E-state index >= 15 is 0 Å². The summed E-state index contributed by atoms with van der Waals surface area (Å²) in [7, 11) is 0. The predicted octanol–water partition coefficient (Wildman–Crippen LogP) is 2.92. The molecular formula is C11H12F3NO. The van der Waals surface area contributed by atoms with Crippen molar-refractivity contribution in [3.63, 3.8) is 0 Å². The van der Waals surface area contributed by atoms with Gasteiger partial charge in [0.15, 0.2) is 5.72 Å². The molecule has 0 fully saturated rings. The number of hydrogen-bond donors (Lipinski definition) is 1. The smallest absolute Gasteiger partial charge is 0.416 e. The summed E-state index contributed by atoms with van der Waals surface area (Å²) in [6.45, 7) is 4.06. The molecule has 1 aliphatic heterocycles. The summed E-state index contributed by atoms with van der Waals surface area (Å²) in [5, 5.41) is 3.07. The Bertz CT molecular complexity index is 412. The maximum Gasteiger partial charge on any atom is 0.416 e. The van der Waals surface area contributed by atoms with Crippen molar-refractivity contribution in [2.24, 2.45) is 0 Å². The number of ether oxygens (including phenoxy) is 1. The molecule has 16 heavy (non-hydrogen) atoms. The highest BCUT2D eigenvalue weighted by Crippen LogP contribution is 2.35. The lowest BCUT2D eigenvalue weighted by Crippen LogP contribution is -2.47. The summed E-state index contributed by atoms with van der Waals surface area (Å²) in [5.41, 5.74) is -0.562. The summed E-state index contributed by atoms with van der Waals surface area (Å²) in [4.78, 5) is 0. The Morgan fingerprint density at radius 2 is 2.00 bits per heavy atom. The van der Waals surface area contributed by atoms with E-state index in [0.29, 0.717) is 12.3 Å². The Labute approximate surface area is 91.4 Å². The lowest BCUT2D eigenvalue weighted by atomic mass is 10.1. The molecular weight excluding hydrogens is 219 g/mol. The molecule has 1 heterocycles. The molecule has 1 aliphatic rings. The molecule has 0 unspecified atom stereocenters. The second-order valence-corrected chi connectivity index (χ2v) is 4.29. The Hall–Kier alpha value is -1.23. The first-order valence-electron chi connectivity index (χ1n) is 4.92. The second-order valence-electron chi connectivity index (χ2n) is 4.29. The van der Waals surface area contributed by atoms with Gasteiger partial charge in [-0.25, -0.2) is 0 Å². The van der Waals surface area contributed by atoms with Crippen LogP contribution in [-0.4, -0.2) is 5.72 Å². The van der Waals surface area contributed by atoms with Crippen molar-refractivity contribution >= 4 is 0 Å². The van der Waals surface area contributed by atoms with E-state index < -0.39 is 17.5 Å². The van der Waals surface area contributed by atoms with Crippen LogP contribution >= 0.6 is 0 Å². The summed E-state index contributed by atoms with van der Waals surface area (Å²) in [6, 6.07) is 3.57. The van der Waals surface area contributed by atoms with E-state index in [1.165, 1.54) is 6.07 Å². The minimum absolute atomic E-state index is 0.304. The standard InChI is InChI=1S/C11H12F3NO/c1-10(2)15-6-7-3-4-8(11(12,13)14)5-9(7)16-10/h3-5,15H,6H2,1-2H3. The van der Waals surface area contributed by atoms with Gasteiger partial charge in [-0.1, -0.05) is 6.07 Å². The number of nitrogens with one attached hydrogen (secondary N) is 1. The van der Waals surface area contributed by atoms with E-state index in [9.17, 15) is 13.2 Å². The largest absolute Gasteiger partial charge is 0.473 e. The van der Waals surface area contributed by atoms with Gasteiger partial charge in [-0.15, -0.1) is 0 Å². The molecule has 0 amide bonds. The maximum absolute atomic E-state index is 12.5. The Balaban J connectivity index is 2.39. The molecule has 5 heteroatoms. The number of hydrogen-bond acceptors (Lipinski definition) is 2. The number of fused-ring (bicyclic) bond motifs is 1. The molecule has 0 aromatic heterocycles. The fourth-order valence-corrected chi connectivity index (χ4v) is 1.59. The zero-order chi connectivity index (χ0) is 12.0. The lowest BCUT2D eigenvalue weighted by molar-refractivity contribution is -0.137. The van der Waals surface area contributed by atoms with Crippen molar-refractivity contribution in [1.82, 2.24) is 5.32 Å². The minimum Gasteiger partial charge on any atom is -0.473 e. The van der Waals surface area contributed by atoms with Crippen LogP contribution in [0.2, 0.25) is 0 Å². The van der Waals surface area contributed by atoms with E-state index in [4.69, 9.17) is 4.74 Å². The second kappa shape index (κ2) is 3.38. The van der Waals surface area contributed by atoms with Crippen molar-refractivity contribution in [1.29, 1.82) is 0 Å². The van der Waals surface area contributed by atoms with Crippen molar-refractivity contribution in [3.8, 4) is 5.75 Å². The molecule has 2 rings (SSSR count). The van der Waals surface area contributed by atoms with Gasteiger partial charge in [0.1, 0.15) is 5.75 Å². The molecule has 0 saturated heterocycles. The fourth-order valence-electron chi connectivity index (χ4n) is 1.59. The Kier molecular flexibility index (Phi) is 2.38. The van der Waals surface area contributed by atoms with Crippen LogP contribution < -0.4 is 10.1 Å². The van der Waals surface area contributed by atoms with Gasteiger partial charge < -0.3 is 4.74 Å². The summed E-state index contributed by atoms with van der Waals surface area (Å²) >= 11 is 0. The monoisotopic (exact) mass is 231 g/mol. The molecule has 0 radical (unpaired) electrons. The van der Waals surface area contributed by atoms with Crippen LogP contribution in [0, 0.1) is 0 Å². The van der Waals surface area contributed by atoms with Gasteiger partial charge in [0.25, 0.3) is 0 Å². The number of rotatable bonds is 0.